The highest BCUT2D eigenvalue weighted by Crippen LogP contribution is 2.46. The summed E-state index contributed by atoms with van der Waals surface area (Å²) < 4.78 is 33.5. The van der Waals surface area contributed by atoms with Crippen LogP contribution in [0.3, 0.4) is 0 Å². The quantitative estimate of drug-likeness (QED) is 0.374. The van der Waals surface area contributed by atoms with Gasteiger partial charge in [0.2, 0.25) is 5.91 Å². The first-order chi connectivity index (χ1) is 15.6. The average Bonchev–Trinajstić information content (AvgIpc) is 3.03. The fraction of sp³-hybridized carbons (Fsp3) is 0.500. The lowest BCUT2D eigenvalue weighted by Gasteiger charge is -2.43. The van der Waals surface area contributed by atoms with Crippen molar-refractivity contribution in [2.24, 2.45) is 10.9 Å². The molecule has 7 heteroatoms. The van der Waals surface area contributed by atoms with Crippen molar-refractivity contribution in [3.05, 3.63) is 59.5 Å². The van der Waals surface area contributed by atoms with Crippen molar-refractivity contribution in [2.75, 3.05) is 0 Å². The Morgan fingerprint density at radius 2 is 1.97 bits per heavy atom. The van der Waals surface area contributed by atoms with Crippen LogP contribution < -0.4 is 0 Å². The van der Waals surface area contributed by atoms with Crippen LogP contribution in [0.4, 0.5) is 8.78 Å². The normalized spacial score (nSPS) is 25.1. The molecule has 5 nitrogen and oxygen atoms in total. The maximum absolute atomic E-state index is 13.8. The first kappa shape index (κ1) is 24.6. The van der Waals surface area contributed by atoms with Gasteiger partial charge in [0.1, 0.15) is 23.4 Å². The highest BCUT2D eigenvalue weighted by molar-refractivity contribution is 6.07. The van der Waals surface area contributed by atoms with E-state index in [4.69, 9.17) is 4.74 Å². The number of hydrogen-bond donors (Lipinski definition) is 0. The van der Waals surface area contributed by atoms with Gasteiger partial charge in [-0.25, -0.2) is 13.8 Å². The molecule has 1 saturated carbocycles. The van der Waals surface area contributed by atoms with Gasteiger partial charge in [-0.3, -0.25) is 4.79 Å². The van der Waals surface area contributed by atoms with Crippen LogP contribution in [0.15, 0.2) is 47.3 Å². The van der Waals surface area contributed by atoms with Crippen molar-refractivity contribution in [2.45, 2.75) is 77.5 Å². The largest absolute Gasteiger partial charge is 0.495 e. The second kappa shape index (κ2) is 10.3. The summed E-state index contributed by atoms with van der Waals surface area (Å²) in [7, 11) is 0. The van der Waals surface area contributed by atoms with E-state index in [1.54, 1.807) is 19.2 Å². The number of ether oxygens (including phenoxy) is 1. The lowest BCUT2D eigenvalue weighted by molar-refractivity contribution is -0.149. The van der Waals surface area contributed by atoms with E-state index in [-0.39, 0.29) is 29.7 Å². The number of allylic oxidation sites excluding steroid dienone is 3. The van der Waals surface area contributed by atoms with Gasteiger partial charge in [-0.05, 0) is 70.6 Å². The van der Waals surface area contributed by atoms with Crippen LogP contribution in [0.1, 0.15) is 71.4 Å². The number of halogens is 2. The number of likely N-dealkylation sites (tertiary alicyclic amines) is 1. The maximum atomic E-state index is 13.8. The summed E-state index contributed by atoms with van der Waals surface area (Å²) in [5.41, 5.74) is 0.363. The Hall–Kier alpha value is -3.01. The van der Waals surface area contributed by atoms with Crippen molar-refractivity contribution in [3.8, 4) is 6.07 Å². The number of aliphatic imine (C=N–C) groups is 1. The fourth-order valence-electron chi connectivity index (χ4n) is 4.58. The summed E-state index contributed by atoms with van der Waals surface area (Å²) in [5.74, 6) is -0.889. The summed E-state index contributed by atoms with van der Waals surface area (Å²) in [4.78, 5) is 19.3. The van der Waals surface area contributed by atoms with Gasteiger partial charge in [0.15, 0.2) is 0 Å². The molecule has 1 aliphatic heterocycles. The van der Waals surface area contributed by atoms with Crippen LogP contribution in [0, 0.1) is 28.9 Å². The highest BCUT2D eigenvalue weighted by atomic mass is 19.1. The average molecular weight is 456 g/mol. The fourth-order valence-corrected chi connectivity index (χ4v) is 4.58. The zero-order chi connectivity index (χ0) is 24.2. The number of hydrogen-bond acceptors (Lipinski definition) is 4. The molecule has 1 unspecified atom stereocenters. The molecular formula is C26H31F2N3O2. The predicted octanol–water partition coefficient (Wildman–Crippen LogP) is 5.99. The third-order valence-corrected chi connectivity index (χ3v) is 6.31. The highest BCUT2D eigenvalue weighted by Gasteiger charge is 2.48. The van der Waals surface area contributed by atoms with Gasteiger partial charge in [-0.15, -0.1) is 0 Å². The smallest absolute Gasteiger partial charge is 0.226 e. The van der Waals surface area contributed by atoms with E-state index in [0.29, 0.717) is 30.6 Å². The molecule has 0 spiro atoms. The zero-order valence-corrected chi connectivity index (χ0v) is 19.6. The molecule has 0 aromatic heterocycles. The summed E-state index contributed by atoms with van der Waals surface area (Å²) in [5, 5.41) is 9.21. The number of nitriles is 1. The Bertz CT molecular complexity index is 997. The Morgan fingerprint density at radius 1 is 1.30 bits per heavy atom. The minimum Gasteiger partial charge on any atom is -0.495 e. The van der Waals surface area contributed by atoms with Gasteiger partial charge in [-0.2, -0.15) is 5.26 Å². The molecule has 2 fully saturated rings. The Balaban J connectivity index is 1.65. The van der Waals surface area contributed by atoms with Crippen molar-refractivity contribution < 1.29 is 18.3 Å². The molecule has 0 bridgehead atoms. The van der Waals surface area contributed by atoms with Crippen LogP contribution in [0.5, 0.6) is 0 Å². The van der Waals surface area contributed by atoms with E-state index in [1.165, 1.54) is 12.1 Å². The molecular weight excluding hydrogens is 424 g/mol. The van der Waals surface area contributed by atoms with Gasteiger partial charge in [0, 0.05) is 29.8 Å². The molecule has 1 saturated heterocycles. The Morgan fingerprint density at radius 3 is 2.58 bits per heavy atom. The molecule has 1 aromatic rings. The van der Waals surface area contributed by atoms with Crippen LogP contribution >= 0.6 is 0 Å². The number of benzene rings is 1. The summed E-state index contributed by atoms with van der Waals surface area (Å²) in [6.45, 7) is 7.74. The molecule has 1 atom stereocenters. The SMILES string of the molecule is CC\C=C/N=C(C#N)\C=C(/C)OC1CC(C(=O)N2C(c3cc(F)cc(F)c3)CCC2(C)C)C1. The molecule has 1 heterocycles. The van der Waals surface area contributed by atoms with E-state index in [0.717, 1.165) is 18.9 Å². The number of carbonyl (C=O) groups is 1. The lowest BCUT2D eigenvalue weighted by atomic mass is 9.80. The molecule has 0 radical (unpaired) electrons. The molecule has 1 amide bonds. The van der Waals surface area contributed by atoms with Gasteiger partial charge >= 0.3 is 0 Å². The van der Waals surface area contributed by atoms with E-state index in [9.17, 15) is 18.8 Å². The molecule has 176 valence electrons. The number of nitrogens with zero attached hydrogens (tertiary/aromatic N) is 3. The Kier molecular flexibility index (Phi) is 7.68. The van der Waals surface area contributed by atoms with Crippen LogP contribution in [0.25, 0.3) is 0 Å². The van der Waals surface area contributed by atoms with Crippen LogP contribution in [-0.2, 0) is 9.53 Å². The molecule has 33 heavy (non-hydrogen) atoms. The van der Waals surface area contributed by atoms with E-state index >= 15 is 0 Å². The third-order valence-electron chi connectivity index (χ3n) is 6.31. The van der Waals surface area contributed by atoms with E-state index < -0.39 is 17.2 Å². The van der Waals surface area contributed by atoms with Gasteiger partial charge in [-0.1, -0.05) is 13.0 Å². The summed E-state index contributed by atoms with van der Waals surface area (Å²) in [6.07, 6.45) is 8.32. The lowest BCUT2D eigenvalue weighted by Crippen LogP contribution is -2.50. The first-order valence-electron chi connectivity index (χ1n) is 11.4. The van der Waals surface area contributed by atoms with Gasteiger partial charge in [0.25, 0.3) is 0 Å². The monoisotopic (exact) mass is 455 g/mol. The minimum absolute atomic E-state index is 0.00219. The first-order valence-corrected chi connectivity index (χ1v) is 11.4. The topological polar surface area (TPSA) is 65.7 Å². The third kappa shape index (κ3) is 5.87. The summed E-state index contributed by atoms with van der Waals surface area (Å²) >= 11 is 0. The maximum Gasteiger partial charge on any atom is 0.226 e. The van der Waals surface area contributed by atoms with E-state index in [1.807, 2.05) is 37.8 Å². The van der Waals surface area contributed by atoms with Crippen molar-refractivity contribution in [3.63, 3.8) is 0 Å². The second-order valence-electron chi connectivity index (χ2n) is 9.36. The number of rotatable bonds is 7. The minimum atomic E-state index is -0.632. The van der Waals surface area contributed by atoms with Gasteiger partial charge in [0.05, 0.1) is 17.9 Å². The second-order valence-corrected chi connectivity index (χ2v) is 9.36. The van der Waals surface area contributed by atoms with Crippen molar-refractivity contribution >= 4 is 11.6 Å². The number of amides is 1. The van der Waals surface area contributed by atoms with Crippen LogP contribution in [0.2, 0.25) is 0 Å². The molecule has 0 N–H and O–H groups in total. The van der Waals surface area contributed by atoms with Crippen LogP contribution in [-0.4, -0.2) is 28.2 Å². The molecule has 3 rings (SSSR count). The van der Waals surface area contributed by atoms with Gasteiger partial charge < -0.3 is 9.64 Å². The number of carbonyl (C=O) groups excluding carboxylic acids is 1. The van der Waals surface area contributed by atoms with Crippen molar-refractivity contribution in [1.29, 1.82) is 5.26 Å². The molecule has 2 aliphatic rings. The Labute approximate surface area is 194 Å². The zero-order valence-electron chi connectivity index (χ0n) is 19.6. The van der Waals surface area contributed by atoms with Crippen molar-refractivity contribution in [1.82, 2.24) is 4.90 Å². The molecule has 1 aliphatic carbocycles. The molecule has 1 aromatic carbocycles. The summed E-state index contributed by atoms with van der Waals surface area (Å²) in [6, 6.07) is 5.18. The standard InChI is InChI=1S/C26H31F2N3O2/c1-5-6-9-30-22(16-29)10-17(2)33-23-13-19(14-23)25(32)31-24(7-8-26(31,3)4)18-11-20(27)15-21(28)12-18/h6,9-12,15,19,23-24H,5,7-8,13-14H2,1-4H3/b9-6-,17-10+,30-22+. The predicted molar refractivity (Wildman–Crippen MR) is 123 cm³/mol. The van der Waals surface area contributed by atoms with E-state index in [2.05, 4.69) is 4.99 Å².